The van der Waals surface area contributed by atoms with E-state index >= 15 is 0 Å². The molecule has 4 aromatic rings. The van der Waals surface area contributed by atoms with Crippen molar-refractivity contribution in [2.45, 2.75) is 20.8 Å². The number of fused-ring (bicyclic) bond motifs is 3. The van der Waals surface area contributed by atoms with E-state index in [2.05, 4.69) is 15.3 Å². The Morgan fingerprint density at radius 1 is 1.09 bits per heavy atom. The molecule has 0 bridgehead atoms. The molecule has 0 unspecified atom stereocenters. The van der Waals surface area contributed by atoms with Gasteiger partial charge in [-0.3, -0.25) is 4.79 Å². The number of benzene rings is 1. The minimum absolute atomic E-state index is 0.149. The highest BCUT2D eigenvalue weighted by atomic mass is 32.1. The third-order valence-corrected chi connectivity index (χ3v) is 4.99. The van der Waals surface area contributed by atoms with Crippen LogP contribution in [-0.2, 0) is 0 Å². The summed E-state index contributed by atoms with van der Waals surface area (Å²) in [7, 11) is 0. The second kappa shape index (κ2) is 4.96. The van der Waals surface area contributed by atoms with E-state index in [1.165, 1.54) is 16.0 Å². The van der Waals surface area contributed by atoms with Crippen LogP contribution >= 0.6 is 11.3 Å². The molecular weight excluding hydrogens is 308 g/mol. The number of hydrogen-bond acceptors (Lipinski definition) is 5. The molecule has 1 aromatic carbocycles. The van der Waals surface area contributed by atoms with Gasteiger partial charge in [-0.1, -0.05) is 23.4 Å². The summed E-state index contributed by atoms with van der Waals surface area (Å²) in [6.07, 6.45) is 0. The van der Waals surface area contributed by atoms with Gasteiger partial charge >= 0.3 is 0 Å². The molecule has 0 aliphatic rings. The van der Waals surface area contributed by atoms with Crippen LogP contribution in [0.25, 0.3) is 26.1 Å². The summed E-state index contributed by atoms with van der Waals surface area (Å²) in [5.41, 5.74) is 4.24. The average molecular weight is 322 g/mol. The third-order valence-electron chi connectivity index (χ3n) is 3.93. The van der Waals surface area contributed by atoms with Crippen molar-refractivity contribution in [3.05, 3.63) is 57.5 Å². The van der Waals surface area contributed by atoms with Gasteiger partial charge in [0.25, 0.3) is 5.56 Å². The molecule has 3 aromatic heterocycles. The Morgan fingerprint density at radius 2 is 1.87 bits per heavy atom. The largest absolute Gasteiger partial charge is 0.292 e. The average Bonchev–Trinajstić information content (AvgIpc) is 2.88. The monoisotopic (exact) mass is 322 g/mol. The van der Waals surface area contributed by atoms with Gasteiger partial charge < -0.3 is 0 Å². The molecule has 0 amide bonds. The number of pyridine rings is 1. The first-order valence-corrected chi connectivity index (χ1v) is 8.10. The lowest BCUT2D eigenvalue weighted by Gasteiger charge is -2.06. The van der Waals surface area contributed by atoms with E-state index in [9.17, 15) is 4.79 Å². The van der Waals surface area contributed by atoms with Crippen LogP contribution in [0.1, 0.15) is 16.8 Å². The van der Waals surface area contributed by atoms with Crippen molar-refractivity contribution < 1.29 is 0 Å². The predicted molar refractivity (Wildman–Crippen MR) is 92.5 cm³/mol. The van der Waals surface area contributed by atoms with Crippen molar-refractivity contribution in [3.63, 3.8) is 0 Å². The predicted octanol–water partition coefficient (Wildman–Crippen LogP) is 3.32. The van der Waals surface area contributed by atoms with Crippen molar-refractivity contribution in [2.75, 3.05) is 0 Å². The Morgan fingerprint density at radius 3 is 2.65 bits per heavy atom. The smallest absolute Gasteiger partial charge is 0.266 e. The zero-order valence-corrected chi connectivity index (χ0v) is 13.8. The molecule has 4 rings (SSSR count). The van der Waals surface area contributed by atoms with Crippen LogP contribution in [0.4, 0.5) is 0 Å². The fourth-order valence-electron chi connectivity index (χ4n) is 2.85. The van der Waals surface area contributed by atoms with Gasteiger partial charge in [0.05, 0.1) is 5.69 Å². The standard InChI is InChI=1S/C17H14N4OS/c1-9-6-4-5-7-12(9)21-17(22)15-14(19-20-21)13-10(2)8-11(3)18-16(13)23-15/h4-8H,1-3H3. The summed E-state index contributed by atoms with van der Waals surface area (Å²) < 4.78 is 1.97. The SMILES string of the molecule is Cc1cc(C)c2c(n1)sc1c(=O)n(-c3ccccc3C)nnc12. The molecule has 6 heteroatoms. The summed E-state index contributed by atoms with van der Waals surface area (Å²) in [5.74, 6) is 0. The molecule has 0 atom stereocenters. The van der Waals surface area contributed by atoms with E-state index in [1.807, 2.05) is 51.1 Å². The zero-order valence-electron chi connectivity index (χ0n) is 13.0. The van der Waals surface area contributed by atoms with Crippen molar-refractivity contribution in [1.82, 2.24) is 20.0 Å². The second-order valence-electron chi connectivity index (χ2n) is 5.63. The number of hydrogen-bond donors (Lipinski definition) is 0. The van der Waals surface area contributed by atoms with Crippen LogP contribution in [0.15, 0.2) is 35.1 Å². The summed E-state index contributed by atoms with van der Waals surface area (Å²) in [4.78, 5) is 18.3. The Kier molecular flexibility index (Phi) is 3.02. The maximum atomic E-state index is 12.9. The first-order chi connectivity index (χ1) is 11.1. The first kappa shape index (κ1) is 14.0. The van der Waals surface area contributed by atoms with E-state index in [0.717, 1.165) is 32.7 Å². The highest BCUT2D eigenvalue weighted by molar-refractivity contribution is 7.25. The molecular formula is C17H14N4OS. The fourth-order valence-corrected chi connectivity index (χ4v) is 4.00. The van der Waals surface area contributed by atoms with Crippen LogP contribution in [0.2, 0.25) is 0 Å². The van der Waals surface area contributed by atoms with E-state index in [1.54, 1.807) is 0 Å². The normalized spacial score (nSPS) is 11.4. The minimum Gasteiger partial charge on any atom is -0.266 e. The number of nitrogens with zero attached hydrogens (tertiary/aromatic N) is 4. The summed E-state index contributed by atoms with van der Waals surface area (Å²) in [6.45, 7) is 5.92. The lowest BCUT2D eigenvalue weighted by molar-refractivity contribution is 0.737. The highest BCUT2D eigenvalue weighted by Gasteiger charge is 2.16. The van der Waals surface area contributed by atoms with Crippen molar-refractivity contribution in [3.8, 4) is 5.69 Å². The molecule has 0 radical (unpaired) electrons. The molecule has 23 heavy (non-hydrogen) atoms. The van der Waals surface area contributed by atoms with E-state index < -0.39 is 0 Å². The Hall–Kier alpha value is -2.60. The Balaban J connectivity index is 2.11. The maximum absolute atomic E-state index is 12.9. The number of aryl methyl sites for hydroxylation is 3. The third kappa shape index (κ3) is 2.06. The van der Waals surface area contributed by atoms with Crippen LogP contribution in [0.5, 0.6) is 0 Å². The second-order valence-corrected chi connectivity index (χ2v) is 6.63. The van der Waals surface area contributed by atoms with E-state index in [-0.39, 0.29) is 5.56 Å². The summed E-state index contributed by atoms with van der Waals surface area (Å²) in [5, 5.41) is 9.41. The number of para-hydroxylation sites is 1. The molecule has 114 valence electrons. The number of thiophene rings is 1. The topological polar surface area (TPSA) is 60.7 Å². The van der Waals surface area contributed by atoms with Crippen LogP contribution in [0, 0.1) is 20.8 Å². The van der Waals surface area contributed by atoms with Gasteiger partial charge in [0.15, 0.2) is 0 Å². The van der Waals surface area contributed by atoms with E-state index in [4.69, 9.17) is 0 Å². The Labute approximate surface area is 136 Å². The van der Waals surface area contributed by atoms with Gasteiger partial charge in [-0.25, -0.2) is 4.98 Å². The van der Waals surface area contributed by atoms with Gasteiger partial charge in [0, 0.05) is 11.1 Å². The van der Waals surface area contributed by atoms with Crippen molar-refractivity contribution >= 4 is 31.8 Å². The van der Waals surface area contributed by atoms with Crippen LogP contribution in [-0.4, -0.2) is 20.0 Å². The summed E-state index contributed by atoms with van der Waals surface area (Å²) in [6, 6.07) is 9.65. The van der Waals surface area contributed by atoms with Crippen molar-refractivity contribution in [1.29, 1.82) is 0 Å². The summed E-state index contributed by atoms with van der Waals surface area (Å²) >= 11 is 1.38. The van der Waals surface area contributed by atoms with Gasteiger partial charge in [0.2, 0.25) is 0 Å². The van der Waals surface area contributed by atoms with Gasteiger partial charge in [-0.15, -0.1) is 16.4 Å². The van der Waals surface area contributed by atoms with Gasteiger partial charge in [0.1, 0.15) is 15.0 Å². The minimum atomic E-state index is -0.149. The van der Waals surface area contributed by atoms with Crippen molar-refractivity contribution in [2.24, 2.45) is 0 Å². The molecule has 3 heterocycles. The molecule has 0 fully saturated rings. The fraction of sp³-hybridized carbons (Fsp3) is 0.176. The van der Waals surface area contributed by atoms with Gasteiger partial charge in [-0.2, -0.15) is 4.68 Å². The molecule has 0 saturated carbocycles. The lowest BCUT2D eigenvalue weighted by Crippen LogP contribution is -2.22. The first-order valence-electron chi connectivity index (χ1n) is 7.29. The van der Waals surface area contributed by atoms with Crippen LogP contribution < -0.4 is 5.56 Å². The molecule has 5 nitrogen and oxygen atoms in total. The number of aromatic nitrogens is 4. The lowest BCUT2D eigenvalue weighted by atomic mass is 10.1. The van der Waals surface area contributed by atoms with E-state index in [0.29, 0.717) is 10.2 Å². The van der Waals surface area contributed by atoms with Crippen LogP contribution in [0.3, 0.4) is 0 Å². The zero-order chi connectivity index (χ0) is 16.1. The molecule has 0 N–H and O–H groups in total. The highest BCUT2D eigenvalue weighted by Crippen LogP contribution is 2.31. The van der Waals surface area contributed by atoms with Gasteiger partial charge in [-0.05, 0) is 44.0 Å². The molecule has 0 aliphatic carbocycles. The quantitative estimate of drug-likeness (QED) is 0.539. The number of rotatable bonds is 1. The maximum Gasteiger partial charge on any atom is 0.292 e. The Bertz CT molecular complexity index is 1130. The molecule has 0 spiro atoms. The molecule has 0 aliphatic heterocycles. The molecule has 0 saturated heterocycles.